The van der Waals surface area contributed by atoms with E-state index in [0.717, 1.165) is 0 Å². The van der Waals surface area contributed by atoms with Crippen molar-refractivity contribution in [3.05, 3.63) is 43.0 Å². The van der Waals surface area contributed by atoms with Gasteiger partial charge in [0.25, 0.3) is 0 Å². The van der Waals surface area contributed by atoms with Crippen LogP contribution in [0.1, 0.15) is 32.2 Å². The molecule has 2 heterocycles. The molecule has 5 heteroatoms. The van der Waals surface area contributed by atoms with Gasteiger partial charge in [-0.1, -0.05) is 18.2 Å². The molecule has 0 amide bonds. The summed E-state index contributed by atoms with van der Waals surface area (Å²) in [7, 11) is 0. The van der Waals surface area contributed by atoms with Crippen molar-refractivity contribution in [2.24, 2.45) is 0 Å². The van der Waals surface area contributed by atoms with E-state index in [-0.39, 0.29) is 0 Å². The minimum absolute atomic E-state index is 0.532. The number of nitrogens with zero attached hydrogens (tertiary/aromatic N) is 4. The standard InChI is InChI=1S/C17H24N4S/c1-15(9-12-22-17-5-3-2-4-6-17)20-10-7-16(8-11-20)21-14-18-13-19-21/h2-6,13-16H,7-12H2,1H3/t15-/m0/s1. The Bertz CT molecular complexity index is 535. The molecule has 1 aromatic heterocycles. The number of piperidine rings is 1. The molecule has 118 valence electrons. The normalized spacial score (nSPS) is 18.4. The molecule has 22 heavy (non-hydrogen) atoms. The van der Waals surface area contributed by atoms with Gasteiger partial charge in [0.05, 0.1) is 6.04 Å². The van der Waals surface area contributed by atoms with E-state index in [9.17, 15) is 0 Å². The Labute approximate surface area is 136 Å². The highest BCUT2D eigenvalue weighted by Crippen LogP contribution is 2.25. The highest BCUT2D eigenvalue weighted by atomic mass is 32.2. The Morgan fingerprint density at radius 1 is 1.23 bits per heavy atom. The first-order valence-corrected chi connectivity index (χ1v) is 9.07. The van der Waals surface area contributed by atoms with Gasteiger partial charge in [0.15, 0.2) is 0 Å². The third-order valence-electron chi connectivity index (χ3n) is 4.48. The van der Waals surface area contributed by atoms with Crippen molar-refractivity contribution in [3.63, 3.8) is 0 Å². The molecule has 0 spiro atoms. The van der Waals surface area contributed by atoms with Crippen molar-refractivity contribution < 1.29 is 0 Å². The van der Waals surface area contributed by atoms with Gasteiger partial charge in [-0.2, -0.15) is 5.10 Å². The van der Waals surface area contributed by atoms with Gasteiger partial charge < -0.3 is 4.90 Å². The van der Waals surface area contributed by atoms with Crippen LogP contribution in [0, 0.1) is 0 Å². The van der Waals surface area contributed by atoms with E-state index in [1.165, 1.54) is 43.0 Å². The number of thioether (sulfide) groups is 1. The van der Waals surface area contributed by atoms with Crippen LogP contribution < -0.4 is 0 Å². The van der Waals surface area contributed by atoms with Crippen LogP contribution in [-0.2, 0) is 0 Å². The van der Waals surface area contributed by atoms with E-state index in [2.05, 4.69) is 52.2 Å². The molecule has 1 atom stereocenters. The summed E-state index contributed by atoms with van der Waals surface area (Å²) in [6, 6.07) is 11.9. The van der Waals surface area contributed by atoms with Crippen molar-refractivity contribution in [1.29, 1.82) is 0 Å². The fourth-order valence-corrected chi connectivity index (χ4v) is 4.09. The van der Waals surface area contributed by atoms with E-state index >= 15 is 0 Å². The summed E-state index contributed by atoms with van der Waals surface area (Å²) in [5, 5.41) is 4.28. The summed E-state index contributed by atoms with van der Waals surface area (Å²) in [6.07, 6.45) is 7.09. The zero-order valence-electron chi connectivity index (χ0n) is 13.1. The maximum absolute atomic E-state index is 4.28. The minimum Gasteiger partial charge on any atom is -0.300 e. The maximum Gasteiger partial charge on any atom is 0.137 e. The first-order chi connectivity index (χ1) is 10.8. The van der Waals surface area contributed by atoms with Crippen LogP contribution in [0.4, 0.5) is 0 Å². The Kier molecular flexibility index (Phi) is 5.51. The van der Waals surface area contributed by atoms with E-state index in [0.29, 0.717) is 12.1 Å². The van der Waals surface area contributed by atoms with Gasteiger partial charge in [-0.25, -0.2) is 9.67 Å². The zero-order chi connectivity index (χ0) is 15.2. The van der Waals surface area contributed by atoms with E-state index in [1.54, 1.807) is 6.33 Å². The third-order valence-corrected chi connectivity index (χ3v) is 5.53. The summed E-state index contributed by atoms with van der Waals surface area (Å²) >= 11 is 1.96. The Hall–Kier alpha value is -1.33. The largest absolute Gasteiger partial charge is 0.300 e. The van der Waals surface area contributed by atoms with Gasteiger partial charge in [0.2, 0.25) is 0 Å². The van der Waals surface area contributed by atoms with E-state index in [4.69, 9.17) is 0 Å². The van der Waals surface area contributed by atoms with Gasteiger partial charge in [-0.3, -0.25) is 0 Å². The predicted molar refractivity (Wildman–Crippen MR) is 91.1 cm³/mol. The highest BCUT2D eigenvalue weighted by molar-refractivity contribution is 7.99. The fraction of sp³-hybridized carbons (Fsp3) is 0.529. The fourth-order valence-electron chi connectivity index (χ4n) is 3.04. The number of hydrogen-bond acceptors (Lipinski definition) is 4. The van der Waals surface area contributed by atoms with Crippen molar-refractivity contribution in [1.82, 2.24) is 19.7 Å². The predicted octanol–water partition coefficient (Wildman–Crippen LogP) is 3.49. The van der Waals surface area contributed by atoms with Crippen LogP contribution in [0.5, 0.6) is 0 Å². The van der Waals surface area contributed by atoms with Gasteiger partial charge in [-0.15, -0.1) is 11.8 Å². The summed E-state index contributed by atoms with van der Waals surface area (Å²) in [6.45, 7) is 4.70. The lowest BCUT2D eigenvalue weighted by molar-refractivity contribution is 0.136. The first kappa shape index (κ1) is 15.6. The summed E-state index contributed by atoms with van der Waals surface area (Å²) in [4.78, 5) is 8.05. The average Bonchev–Trinajstić information content (AvgIpc) is 3.10. The molecule has 4 nitrogen and oxygen atoms in total. The molecule has 0 N–H and O–H groups in total. The molecule has 0 bridgehead atoms. The molecule has 0 saturated carbocycles. The molecule has 1 saturated heterocycles. The molecule has 0 radical (unpaired) electrons. The van der Waals surface area contributed by atoms with Gasteiger partial charge >= 0.3 is 0 Å². The Morgan fingerprint density at radius 2 is 2.00 bits per heavy atom. The van der Waals surface area contributed by atoms with Crippen LogP contribution in [0.15, 0.2) is 47.9 Å². The van der Waals surface area contributed by atoms with Crippen molar-refractivity contribution in [2.45, 2.75) is 43.2 Å². The van der Waals surface area contributed by atoms with Crippen LogP contribution in [-0.4, -0.2) is 44.5 Å². The quantitative estimate of drug-likeness (QED) is 0.764. The molecular formula is C17H24N4S. The number of likely N-dealkylation sites (tertiary alicyclic amines) is 1. The first-order valence-electron chi connectivity index (χ1n) is 8.09. The topological polar surface area (TPSA) is 34.0 Å². The SMILES string of the molecule is C[C@@H](CCSc1ccccc1)N1CCC(n2cncn2)CC1. The van der Waals surface area contributed by atoms with Crippen LogP contribution >= 0.6 is 11.8 Å². The minimum atomic E-state index is 0.532. The second kappa shape index (κ2) is 7.79. The number of benzene rings is 1. The smallest absolute Gasteiger partial charge is 0.137 e. The van der Waals surface area contributed by atoms with Crippen LogP contribution in [0.25, 0.3) is 0 Å². The second-order valence-corrected chi connectivity index (χ2v) is 7.11. The van der Waals surface area contributed by atoms with Crippen LogP contribution in [0.2, 0.25) is 0 Å². The molecule has 1 aliphatic rings. The molecule has 1 fully saturated rings. The molecule has 1 aliphatic heterocycles. The molecular weight excluding hydrogens is 292 g/mol. The summed E-state index contributed by atoms with van der Waals surface area (Å²) < 4.78 is 2.02. The average molecular weight is 316 g/mol. The Morgan fingerprint density at radius 3 is 2.68 bits per heavy atom. The molecule has 1 aromatic carbocycles. The van der Waals surface area contributed by atoms with Crippen molar-refractivity contribution in [3.8, 4) is 0 Å². The monoisotopic (exact) mass is 316 g/mol. The molecule has 0 aliphatic carbocycles. The number of hydrogen-bond donors (Lipinski definition) is 0. The third kappa shape index (κ3) is 4.11. The van der Waals surface area contributed by atoms with E-state index in [1.807, 2.05) is 22.8 Å². The second-order valence-electron chi connectivity index (χ2n) is 5.94. The zero-order valence-corrected chi connectivity index (χ0v) is 14.0. The number of aromatic nitrogens is 3. The lowest BCUT2D eigenvalue weighted by Gasteiger charge is -2.36. The van der Waals surface area contributed by atoms with E-state index < -0.39 is 0 Å². The van der Waals surface area contributed by atoms with Crippen molar-refractivity contribution in [2.75, 3.05) is 18.8 Å². The molecule has 0 unspecified atom stereocenters. The lowest BCUT2D eigenvalue weighted by Crippen LogP contribution is -2.40. The number of rotatable bonds is 6. The summed E-state index contributed by atoms with van der Waals surface area (Å²) in [5.41, 5.74) is 0. The Balaban J connectivity index is 1.39. The lowest BCUT2D eigenvalue weighted by atomic mass is 10.0. The van der Waals surface area contributed by atoms with Gasteiger partial charge in [0.1, 0.15) is 12.7 Å². The maximum atomic E-state index is 4.28. The molecule has 2 aromatic rings. The van der Waals surface area contributed by atoms with Gasteiger partial charge in [0, 0.05) is 24.0 Å². The van der Waals surface area contributed by atoms with Gasteiger partial charge in [-0.05, 0) is 44.1 Å². The van der Waals surface area contributed by atoms with Crippen LogP contribution in [0.3, 0.4) is 0 Å². The van der Waals surface area contributed by atoms with Crippen molar-refractivity contribution >= 4 is 11.8 Å². The molecule has 3 rings (SSSR count). The highest BCUT2D eigenvalue weighted by Gasteiger charge is 2.23. The summed E-state index contributed by atoms with van der Waals surface area (Å²) in [5.74, 6) is 1.19.